The van der Waals surface area contributed by atoms with Gasteiger partial charge in [0.25, 0.3) is 0 Å². The topological polar surface area (TPSA) is 35.5 Å². The number of methoxy groups -OCH3 is 1. The number of rotatable bonds is 7. The second-order valence-corrected chi connectivity index (χ2v) is 4.47. The van der Waals surface area contributed by atoms with Gasteiger partial charge in [0.15, 0.2) is 0 Å². The van der Waals surface area contributed by atoms with Gasteiger partial charge >= 0.3 is 0 Å². The van der Waals surface area contributed by atoms with Crippen molar-refractivity contribution < 1.29 is 14.3 Å². The van der Waals surface area contributed by atoms with Gasteiger partial charge in [-0.05, 0) is 29.7 Å². The number of hydrogen-bond donors (Lipinski definition) is 0. The zero-order valence-corrected chi connectivity index (χ0v) is 11.5. The van der Waals surface area contributed by atoms with Crippen molar-refractivity contribution in [2.75, 3.05) is 13.7 Å². The summed E-state index contributed by atoms with van der Waals surface area (Å²) in [4.78, 5) is 10.9. The molecule has 0 unspecified atom stereocenters. The molecule has 2 aromatic carbocycles. The second-order valence-electron chi connectivity index (χ2n) is 4.47. The molecule has 0 aromatic heterocycles. The summed E-state index contributed by atoms with van der Waals surface area (Å²) in [5.74, 6) is 0.841. The molecule has 3 nitrogen and oxygen atoms in total. The Bertz CT molecular complexity index is 546. The molecule has 0 atom stereocenters. The van der Waals surface area contributed by atoms with Gasteiger partial charge in [-0.2, -0.15) is 0 Å². The molecule has 0 fully saturated rings. The number of carbonyl (C=O) groups is 1. The molecule has 0 spiro atoms. The van der Waals surface area contributed by atoms with Crippen molar-refractivity contribution in [2.45, 2.75) is 13.0 Å². The van der Waals surface area contributed by atoms with Crippen molar-refractivity contribution in [1.82, 2.24) is 0 Å². The molecule has 0 aliphatic rings. The molecular weight excluding hydrogens is 252 g/mol. The van der Waals surface area contributed by atoms with E-state index in [2.05, 4.69) is 0 Å². The fraction of sp³-hybridized carbons (Fsp3) is 0.235. The predicted molar refractivity (Wildman–Crippen MR) is 78.2 cm³/mol. The molecule has 0 heterocycles. The van der Waals surface area contributed by atoms with Crippen LogP contribution in [0.2, 0.25) is 0 Å². The smallest absolute Gasteiger partial charge is 0.150 e. The van der Waals surface area contributed by atoms with E-state index < -0.39 is 0 Å². The van der Waals surface area contributed by atoms with Crippen LogP contribution in [0.1, 0.15) is 21.5 Å². The molecular formula is C17H18O3. The van der Waals surface area contributed by atoms with Gasteiger partial charge in [0.1, 0.15) is 12.0 Å². The SMILES string of the molecule is COc1ccc(COCCc2ccccc2C=O)cc1. The van der Waals surface area contributed by atoms with Gasteiger partial charge in [-0.1, -0.05) is 36.4 Å². The van der Waals surface area contributed by atoms with E-state index in [4.69, 9.17) is 9.47 Å². The van der Waals surface area contributed by atoms with E-state index in [9.17, 15) is 4.79 Å². The summed E-state index contributed by atoms with van der Waals surface area (Å²) in [6.45, 7) is 1.16. The second kappa shape index (κ2) is 7.46. The first kappa shape index (κ1) is 14.3. The Balaban J connectivity index is 1.79. The largest absolute Gasteiger partial charge is 0.497 e. The van der Waals surface area contributed by atoms with Crippen molar-refractivity contribution in [3.63, 3.8) is 0 Å². The summed E-state index contributed by atoms with van der Waals surface area (Å²) in [5, 5.41) is 0. The Morgan fingerprint density at radius 3 is 2.50 bits per heavy atom. The quantitative estimate of drug-likeness (QED) is 0.572. The summed E-state index contributed by atoms with van der Waals surface area (Å²) >= 11 is 0. The van der Waals surface area contributed by atoms with Crippen molar-refractivity contribution >= 4 is 6.29 Å². The summed E-state index contributed by atoms with van der Waals surface area (Å²) in [7, 11) is 1.65. The molecule has 0 N–H and O–H groups in total. The summed E-state index contributed by atoms with van der Waals surface area (Å²) < 4.78 is 10.7. The van der Waals surface area contributed by atoms with Crippen molar-refractivity contribution in [1.29, 1.82) is 0 Å². The first-order valence-electron chi connectivity index (χ1n) is 6.57. The van der Waals surface area contributed by atoms with Crippen LogP contribution in [-0.4, -0.2) is 20.0 Å². The molecule has 0 saturated carbocycles. The molecule has 0 aliphatic carbocycles. The highest BCUT2D eigenvalue weighted by atomic mass is 16.5. The van der Waals surface area contributed by atoms with Crippen LogP contribution >= 0.6 is 0 Å². The first-order chi connectivity index (χ1) is 9.83. The lowest BCUT2D eigenvalue weighted by molar-refractivity contribution is 0.111. The Kier molecular flexibility index (Phi) is 5.33. The molecule has 3 heteroatoms. The van der Waals surface area contributed by atoms with E-state index in [1.54, 1.807) is 7.11 Å². The minimum atomic E-state index is 0.563. The van der Waals surface area contributed by atoms with E-state index in [1.165, 1.54) is 0 Å². The molecule has 0 aliphatic heterocycles. The number of carbonyl (C=O) groups excluding carboxylic acids is 1. The zero-order chi connectivity index (χ0) is 14.2. The van der Waals surface area contributed by atoms with E-state index in [0.717, 1.165) is 35.1 Å². The lowest BCUT2D eigenvalue weighted by atomic mass is 10.1. The average Bonchev–Trinajstić information content (AvgIpc) is 2.52. The number of ether oxygens (including phenoxy) is 2. The maximum atomic E-state index is 10.9. The van der Waals surface area contributed by atoms with Crippen molar-refractivity contribution in [3.05, 3.63) is 65.2 Å². The third-order valence-corrected chi connectivity index (χ3v) is 3.13. The molecule has 2 aromatic rings. The van der Waals surface area contributed by atoms with Crippen LogP contribution in [0.4, 0.5) is 0 Å². The fourth-order valence-electron chi connectivity index (χ4n) is 1.97. The Morgan fingerprint density at radius 2 is 1.80 bits per heavy atom. The van der Waals surface area contributed by atoms with Gasteiger partial charge in [0.05, 0.1) is 20.3 Å². The average molecular weight is 270 g/mol. The highest BCUT2D eigenvalue weighted by molar-refractivity contribution is 5.77. The zero-order valence-electron chi connectivity index (χ0n) is 11.5. The third-order valence-electron chi connectivity index (χ3n) is 3.13. The van der Waals surface area contributed by atoms with Crippen LogP contribution in [0, 0.1) is 0 Å². The van der Waals surface area contributed by atoms with Crippen LogP contribution in [0.5, 0.6) is 5.75 Å². The highest BCUT2D eigenvalue weighted by Gasteiger charge is 2.00. The minimum absolute atomic E-state index is 0.563. The molecule has 104 valence electrons. The van der Waals surface area contributed by atoms with E-state index in [1.807, 2.05) is 48.5 Å². The van der Waals surface area contributed by atoms with Gasteiger partial charge in [-0.15, -0.1) is 0 Å². The number of benzene rings is 2. The van der Waals surface area contributed by atoms with Crippen LogP contribution < -0.4 is 4.74 Å². The lowest BCUT2D eigenvalue weighted by Gasteiger charge is -2.07. The maximum Gasteiger partial charge on any atom is 0.150 e. The molecule has 0 radical (unpaired) electrons. The first-order valence-corrected chi connectivity index (χ1v) is 6.57. The van der Waals surface area contributed by atoms with E-state index in [-0.39, 0.29) is 0 Å². The number of hydrogen-bond acceptors (Lipinski definition) is 3. The van der Waals surface area contributed by atoms with Gasteiger partial charge in [-0.3, -0.25) is 4.79 Å². The van der Waals surface area contributed by atoms with Crippen LogP contribution in [0.25, 0.3) is 0 Å². The lowest BCUT2D eigenvalue weighted by Crippen LogP contribution is -2.01. The molecule has 20 heavy (non-hydrogen) atoms. The minimum Gasteiger partial charge on any atom is -0.497 e. The van der Waals surface area contributed by atoms with Crippen LogP contribution in [-0.2, 0) is 17.8 Å². The van der Waals surface area contributed by atoms with E-state index >= 15 is 0 Å². The summed E-state index contributed by atoms with van der Waals surface area (Å²) in [6.07, 6.45) is 1.63. The molecule has 2 rings (SSSR count). The monoisotopic (exact) mass is 270 g/mol. The summed E-state index contributed by atoms with van der Waals surface area (Å²) in [5.41, 5.74) is 2.87. The fourth-order valence-corrected chi connectivity index (χ4v) is 1.97. The molecule has 0 saturated heterocycles. The van der Waals surface area contributed by atoms with Crippen LogP contribution in [0.3, 0.4) is 0 Å². The third kappa shape index (κ3) is 3.93. The summed E-state index contributed by atoms with van der Waals surface area (Å²) in [6, 6.07) is 15.4. The van der Waals surface area contributed by atoms with Gasteiger partial charge in [-0.25, -0.2) is 0 Å². The van der Waals surface area contributed by atoms with Gasteiger partial charge < -0.3 is 9.47 Å². The Hall–Kier alpha value is -2.13. The van der Waals surface area contributed by atoms with Crippen molar-refractivity contribution in [2.24, 2.45) is 0 Å². The normalized spacial score (nSPS) is 10.2. The Labute approximate surface area is 119 Å². The van der Waals surface area contributed by atoms with Crippen LogP contribution in [0.15, 0.2) is 48.5 Å². The Morgan fingerprint density at radius 1 is 1.05 bits per heavy atom. The van der Waals surface area contributed by atoms with Crippen molar-refractivity contribution in [3.8, 4) is 5.75 Å². The predicted octanol–water partition coefficient (Wildman–Crippen LogP) is 3.27. The van der Waals surface area contributed by atoms with Gasteiger partial charge in [0.2, 0.25) is 0 Å². The van der Waals surface area contributed by atoms with Gasteiger partial charge in [0, 0.05) is 5.56 Å². The molecule has 0 bridgehead atoms. The van der Waals surface area contributed by atoms with E-state index in [0.29, 0.717) is 13.2 Å². The molecule has 0 amide bonds. The maximum absolute atomic E-state index is 10.9. The standard InChI is InChI=1S/C17H18O3/c1-19-17-8-6-14(7-9-17)13-20-11-10-15-4-2-3-5-16(15)12-18/h2-9,12H,10-11,13H2,1H3. The highest BCUT2D eigenvalue weighted by Crippen LogP contribution is 2.12. The number of aldehydes is 1.